The van der Waals surface area contributed by atoms with Crippen LogP contribution in [0, 0.1) is 20.8 Å². The van der Waals surface area contributed by atoms with Crippen LogP contribution in [0.2, 0.25) is 0 Å². The Hall–Kier alpha value is -1.72. The number of carbonyl (C=O) groups is 1. The van der Waals surface area contributed by atoms with Gasteiger partial charge in [-0.1, -0.05) is 11.3 Å². The summed E-state index contributed by atoms with van der Waals surface area (Å²) < 4.78 is 1.10. The summed E-state index contributed by atoms with van der Waals surface area (Å²) in [7, 11) is 0. The van der Waals surface area contributed by atoms with Crippen LogP contribution in [0.15, 0.2) is 24.3 Å². The van der Waals surface area contributed by atoms with E-state index in [4.69, 9.17) is 0 Å². The molecule has 0 saturated carbocycles. The van der Waals surface area contributed by atoms with Crippen molar-refractivity contribution in [2.24, 2.45) is 0 Å². The molecule has 2 aromatic heterocycles. The number of carbonyl (C=O) groups excluding carboxylic acids is 1. The molecule has 3 rings (SSSR count). The first-order chi connectivity index (χ1) is 9.52. The molecule has 0 bridgehead atoms. The summed E-state index contributed by atoms with van der Waals surface area (Å²) in [6, 6.07) is 7.97. The summed E-state index contributed by atoms with van der Waals surface area (Å²) in [6.45, 7) is 6.15. The number of amides is 1. The molecular weight excluding hydrogens is 288 g/mol. The van der Waals surface area contributed by atoms with E-state index >= 15 is 0 Å². The molecule has 2 heterocycles. The normalized spacial score (nSPS) is 10.9. The van der Waals surface area contributed by atoms with Gasteiger partial charge in [0, 0.05) is 4.88 Å². The number of anilines is 1. The van der Waals surface area contributed by atoms with E-state index in [-0.39, 0.29) is 5.91 Å². The Morgan fingerprint density at radius 3 is 2.55 bits per heavy atom. The second-order valence-corrected chi connectivity index (χ2v) is 7.11. The highest BCUT2D eigenvalue weighted by Gasteiger charge is 2.12. The lowest BCUT2D eigenvalue weighted by molar-refractivity contribution is 0.103. The molecule has 1 amide bonds. The lowest BCUT2D eigenvalue weighted by Crippen LogP contribution is -2.09. The Labute approximate surface area is 125 Å². The zero-order valence-corrected chi connectivity index (χ0v) is 13.1. The standard InChI is InChI=1S/C15H14N2OS2/c1-8-6-11-13(7-9(8)2)20-15(16-11)17-14(18)12-5-4-10(3)19-12/h4-7H,1-3H3,(H,16,17,18). The molecule has 0 aliphatic heterocycles. The molecule has 1 aromatic carbocycles. The Morgan fingerprint density at radius 2 is 1.85 bits per heavy atom. The summed E-state index contributed by atoms with van der Waals surface area (Å²) in [5, 5.41) is 3.53. The summed E-state index contributed by atoms with van der Waals surface area (Å²) in [4.78, 5) is 18.4. The van der Waals surface area contributed by atoms with Gasteiger partial charge < -0.3 is 0 Å². The predicted octanol–water partition coefficient (Wildman–Crippen LogP) is 4.54. The first-order valence-electron chi connectivity index (χ1n) is 6.28. The van der Waals surface area contributed by atoms with Crippen molar-refractivity contribution >= 4 is 43.9 Å². The minimum Gasteiger partial charge on any atom is -0.297 e. The number of thiophene rings is 1. The Kier molecular flexibility index (Phi) is 3.31. The van der Waals surface area contributed by atoms with E-state index in [1.807, 2.05) is 19.1 Å². The van der Waals surface area contributed by atoms with E-state index in [1.165, 1.54) is 33.8 Å². The molecular formula is C15H14N2OS2. The van der Waals surface area contributed by atoms with Gasteiger partial charge in [-0.2, -0.15) is 0 Å². The number of nitrogens with zero attached hydrogens (tertiary/aromatic N) is 1. The van der Waals surface area contributed by atoms with Crippen molar-refractivity contribution in [3.05, 3.63) is 45.1 Å². The van der Waals surface area contributed by atoms with E-state index in [2.05, 4.69) is 36.3 Å². The van der Waals surface area contributed by atoms with Crippen molar-refractivity contribution < 1.29 is 4.79 Å². The largest absolute Gasteiger partial charge is 0.297 e. The van der Waals surface area contributed by atoms with Crippen LogP contribution in [0.25, 0.3) is 10.2 Å². The fourth-order valence-electron chi connectivity index (χ4n) is 1.95. The van der Waals surface area contributed by atoms with Gasteiger partial charge in [0.05, 0.1) is 15.1 Å². The van der Waals surface area contributed by atoms with Crippen molar-refractivity contribution in [1.29, 1.82) is 0 Å². The molecule has 0 aliphatic carbocycles. The van der Waals surface area contributed by atoms with Crippen LogP contribution in [0.5, 0.6) is 0 Å². The first kappa shape index (κ1) is 13.3. The number of aryl methyl sites for hydroxylation is 3. The highest BCUT2D eigenvalue weighted by molar-refractivity contribution is 7.22. The second-order valence-electron chi connectivity index (χ2n) is 4.79. The third kappa shape index (κ3) is 2.46. The lowest BCUT2D eigenvalue weighted by Gasteiger charge is -1.97. The predicted molar refractivity (Wildman–Crippen MR) is 86.1 cm³/mol. The molecule has 5 heteroatoms. The molecule has 0 aliphatic rings. The molecule has 0 atom stereocenters. The zero-order chi connectivity index (χ0) is 14.3. The molecule has 102 valence electrons. The number of aromatic nitrogens is 1. The average Bonchev–Trinajstić information content (AvgIpc) is 2.96. The molecule has 1 N–H and O–H groups in total. The molecule has 3 aromatic rings. The van der Waals surface area contributed by atoms with Crippen LogP contribution in [-0.2, 0) is 0 Å². The molecule has 3 nitrogen and oxygen atoms in total. The van der Waals surface area contributed by atoms with Gasteiger partial charge in [-0.3, -0.25) is 10.1 Å². The van der Waals surface area contributed by atoms with Crippen molar-refractivity contribution in [2.75, 3.05) is 5.32 Å². The van der Waals surface area contributed by atoms with Crippen LogP contribution >= 0.6 is 22.7 Å². The van der Waals surface area contributed by atoms with Crippen LogP contribution in [0.3, 0.4) is 0 Å². The van der Waals surface area contributed by atoms with Gasteiger partial charge in [0.25, 0.3) is 5.91 Å². The van der Waals surface area contributed by atoms with Crippen molar-refractivity contribution in [2.45, 2.75) is 20.8 Å². The number of thiazole rings is 1. The van der Waals surface area contributed by atoms with Crippen LogP contribution in [0.1, 0.15) is 25.7 Å². The number of rotatable bonds is 2. The van der Waals surface area contributed by atoms with Gasteiger partial charge in [0.1, 0.15) is 0 Å². The number of benzene rings is 1. The van der Waals surface area contributed by atoms with E-state index in [9.17, 15) is 4.79 Å². The van der Waals surface area contributed by atoms with Crippen molar-refractivity contribution in [1.82, 2.24) is 4.98 Å². The van der Waals surface area contributed by atoms with Gasteiger partial charge in [-0.25, -0.2) is 4.98 Å². The number of hydrogen-bond donors (Lipinski definition) is 1. The smallest absolute Gasteiger partial charge is 0.267 e. The third-order valence-electron chi connectivity index (χ3n) is 3.19. The first-order valence-corrected chi connectivity index (χ1v) is 7.92. The number of fused-ring (bicyclic) bond motifs is 1. The van der Waals surface area contributed by atoms with E-state index in [1.54, 1.807) is 0 Å². The fourth-order valence-corrected chi connectivity index (χ4v) is 3.65. The summed E-state index contributed by atoms with van der Waals surface area (Å²) in [6.07, 6.45) is 0. The second kappa shape index (κ2) is 5.00. The minimum absolute atomic E-state index is 0.0874. The molecule has 0 radical (unpaired) electrons. The van der Waals surface area contributed by atoms with Gasteiger partial charge in [-0.15, -0.1) is 11.3 Å². The molecule has 0 saturated heterocycles. The fraction of sp³-hybridized carbons (Fsp3) is 0.200. The topological polar surface area (TPSA) is 42.0 Å². The minimum atomic E-state index is -0.0874. The van der Waals surface area contributed by atoms with Crippen molar-refractivity contribution in [3.63, 3.8) is 0 Å². The maximum absolute atomic E-state index is 12.1. The van der Waals surface area contributed by atoms with Gasteiger partial charge in [0.15, 0.2) is 5.13 Å². The average molecular weight is 302 g/mol. The zero-order valence-electron chi connectivity index (χ0n) is 11.5. The van der Waals surface area contributed by atoms with Crippen LogP contribution in [-0.4, -0.2) is 10.9 Å². The summed E-state index contributed by atoms with van der Waals surface area (Å²) in [5.41, 5.74) is 3.40. The maximum atomic E-state index is 12.1. The Bertz CT molecular complexity index is 762. The Morgan fingerprint density at radius 1 is 1.10 bits per heavy atom. The third-order valence-corrected chi connectivity index (χ3v) is 5.12. The highest BCUT2D eigenvalue weighted by Crippen LogP contribution is 2.29. The summed E-state index contributed by atoms with van der Waals surface area (Å²) in [5.74, 6) is -0.0874. The van der Waals surface area contributed by atoms with Crippen LogP contribution < -0.4 is 5.32 Å². The molecule has 0 fully saturated rings. The molecule has 0 unspecified atom stereocenters. The quantitative estimate of drug-likeness (QED) is 0.755. The maximum Gasteiger partial charge on any atom is 0.267 e. The molecule has 20 heavy (non-hydrogen) atoms. The monoisotopic (exact) mass is 302 g/mol. The van der Waals surface area contributed by atoms with Gasteiger partial charge >= 0.3 is 0 Å². The van der Waals surface area contributed by atoms with Crippen LogP contribution in [0.4, 0.5) is 5.13 Å². The SMILES string of the molecule is Cc1ccc(C(=O)Nc2nc3cc(C)c(C)cc3s2)s1. The lowest BCUT2D eigenvalue weighted by atomic mass is 10.1. The summed E-state index contributed by atoms with van der Waals surface area (Å²) >= 11 is 3.00. The Balaban J connectivity index is 1.89. The number of hydrogen-bond acceptors (Lipinski definition) is 4. The molecule has 0 spiro atoms. The van der Waals surface area contributed by atoms with Gasteiger partial charge in [-0.05, 0) is 56.2 Å². The highest BCUT2D eigenvalue weighted by atomic mass is 32.1. The number of nitrogens with one attached hydrogen (secondary N) is 1. The van der Waals surface area contributed by atoms with Crippen molar-refractivity contribution in [3.8, 4) is 0 Å². The van der Waals surface area contributed by atoms with E-state index in [0.29, 0.717) is 10.0 Å². The van der Waals surface area contributed by atoms with E-state index < -0.39 is 0 Å². The van der Waals surface area contributed by atoms with E-state index in [0.717, 1.165) is 15.1 Å². The van der Waals surface area contributed by atoms with Gasteiger partial charge in [0.2, 0.25) is 0 Å².